The molecule has 0 unspecified atom stereocenters. The second kappa shape index (κ2) is 6.32. The number of carbonyl (C=O) groups excluding carboxylic acids is 1. The molecule has 0 atom stereocenters. The van der Waals surface area contributed by atoms with Gasteiger partial charge in [-0.25, -0.2) is 0 Å². The lowest BCUT2D eigenvalue weighted by Gasteiger charge is -2.24. The summed E-state index contributed by atoms with van der Waals surface area (Å²) in [5.74, 6) is -0.351. The Morgan fingerprint density at radius 3 is 2.50 bits per heavy atom. The maximum absolute atomic E-state index is 12.2. The van der Waals surface area contributed by atoms with Crippen molar-refractivity contribution in [1.29, 1.82) is 0 Å². The Hall–Kier alpha value is -2.13. The van der Waals surface area contributed by atoms with Crippen LogP contribution in [0.3, 0.4) is 0 Å². The highest BCUT2D eigenvalue weighted by atomic mass is 16.1. The van der Waals surface area contributed by atoms with Gasteiger partial charge in [0.2, 0.25) is 5.91 Å². The Bertz CT molecular complexity index is 692. The van der Waals surface area contributed by atoms with Gasteiger partial charge in [-0.05, 0) is 66.5 Å². The lowest BCUT2D eigenvalue weighted by molar-refractivity contribution is 0.1000. The summed E-state index contributed by atoms with van der Waals surface area (Å²) in [6.45, 7) is 0.533. The van der Waals surface area contributed by atoms with Gasteiger partial charge in [-0.1, -0.05) is 36.4 Å². The van der Waals surface area contributed by atoms with E-state index in [1.807, 2.05) is 30.3 Å². The minimum Gasteiger partial charge on any atom is -0.366 e. The second-order valence-electron chi connectivity index (χ2n) is 5.89. The minimum absolute atomic E-state index is 0.351. The molecule has 114 valence electrons. The highest BCUT2D eigenvalue weighted by Gasteiger charge is 2.23. The molecule has 2 aromatic carbocycles. The Labute approximate surface area is 131 Å². The van der Waals surface area contributed by atoms with Gasteiger partial charge in [0.25, 0.3) is 0 Å². The molecular weight excluding hydrogens is 272 g/mol. The molecule has 0 bridgehead atoms. The molecular formula is C19H22N2O. The molecule has 1 amide bonds. The van der Waals surface area contributed by atoms with Crippen LogP contribution in [0.5, 0.6) is 0 Å². The molecule has 1 aliphatic carbocycles. The molecule has 3 nitrogen and oxygen atoms in total. The molecule has 22 heavy (non-hydrogen) atoms. The van der Waals surface area contributed by atoms with Crippen molar-refractivity contribution in [2.75, 3.05) is 6.54 Å². The summed E-state index contributed by atoms with van der Waals surface area (Å²) in [6.07, 6.45) is 5.19. The summed E-state index contributed by atoms with van der Waals surface area (Å²) < 4.78 is 0. The predicted octanol–water partition coefficient (Wildman–Crippen LogP) is 2.83. The van der Waals surface area contributed by atoms with Gasteiger partial charge in [0, 0.05) is 0 Å². The van der Waals surface area contributed by atoms with Gasteiger partial charge >= 0.3 is 0 Å². The largest absolute Gasteiger partial charge is 0.366 e. The van der Waals surface area contributed by atoms with Crippen molar-refractivity contribution < 1.29 is 4.79 Å². The topological polar surface area (TPSA) is 69.1 Å². The van der Waals surface area contributed by atoms with E-state index in [-0.39, 0.29) is 5.91 Å². The number of primary amides is 1. The maximum atomic E-state index is 12.2. The number of benzene rings is 2. The van der Waals surface area contributed by atoms with E-state index >= 15 is 0 Å². The van der Waals surface area contributed by atoms with Crippen molar-refractivity contribution in [3.8, 4) is 11.1 Å². The molecule has 3 heteroatoms. The molecule has 0 fully saturated rings. The number of nitrogens with two attached hydrogens (primary N) is 2. The SMILES string of the molecule is NCCc1c2c(cc(-c3ccccc3)c1C(N)=O)CCCC2. The molecule has 0 aliphatic heterocycles. The minimum atomic E-state index is -0.351. The third-order valence-electron chi connectivity index (χ3n) is 4.49. The molecule has 4 N–H and O–H groups in total. The maximum Gasteiger partial charge on any atom is 0.249 e. The van der Waals surface area contributed by atoms with Crippen LogP contribution in [-0.4, -0.2) is 12.5 Å². The van der Waals surface area contributed by atoms with Crippen LogP contribution in [0.15, 0.2) is 36.4 Å². The van der Waals surface area contributed by atoms with Crippen molar-refractivity contribution in [2.24, 2.45) is 11.5 Å². The smallest absolute Gasteiger partial charge is 0.249 e. The Morgan fingerprint density at radius 2 is 1.82 bits per heavy atom. The van der Waals surface area contributed by atoms with E-state index in [1.54, 1.807) is 0 Å². The quantitative estimate of drug-likeness (QED) is 0.910. The van der Waals surface area contributed by atoms with Gasteiger partial charge < -0.3 is 11.5 Å². The van der Waals surface area contributed by atoms with Crippen LogP contribution in [0, 0.1) is 0 Å². The molecule has 1 aliphatic rings. The Kier molecular flexibility index (Phi) is 4.25. The van der Waals surface area contributed by atoms with Gasteiger partial charge in [0.1, 0.15) is 0 Å². The zero-order chi connectivity index (χ0) is 15.5. The molecule has 2 aromatic rings. The standard InChI is InChI=1S/C19H22N2O/c20-11-10-16-15-9-5-4-8-14(15)12-17(18(16)19(21)22)13-6-2-1-3-7-13/h1-3,6-7,12H,4-5,8-11,20H2,(H2,21,22). The fourth-order valence-corrected chi connectivity index (χ4v) is 3.54. The first-order valence-corrected chi connectivity index (χ1v) is 7.95. The lowest BCUT2D eigenvalue weighted by Crippen LogP contribution is -2.21. The van der Waals surface area contributed by atoms with Crippen LogP contribution in [-0.2, 0) is 19.3 Å². The van der Waals surface area contributed by atoms with Gasteiger partial charge in [-0.3, -0.25) is 4.79 Å². The predicted molar refractivity (Wildman–Crippen MR) is 89.8 cm³/mol. The van der Waals surface area contributed by atoms with Crippen molar-refractivity contribution in [1.82, 2.24) is 0 Å². The fraction of sp³-hybridized carbons (Fsp3) is 0.316. The van der Waals surface area contributed by atoms with Crippen molar-refractivity contribution in [2.45, 2.75) is 32.1 Å². The molecule has 0 radical (unpaired) electrons. The van der Waals surface area contributed by atoms with E-state index in [0.29, 0.717) is 18.5 Å². The zero-order valence-electron chi connectivity index (χ0n) is 12.8. The van der Waals surface area contributed by atoms with Gasteiger partial charge in [-0.15, -0.1) is 0 Å². The van der Waals surface area contributed by atoms with Gasteiger partial charge in [0.15, 0.2) is 0 Å². The number of fused-ring (bicyclic) bond motifs is 1. The number of hydrogen-bond acceptors (Lipinski definition) is 2. The van der Waals surface area contributed by atoms with Crippen LogP contribution in [0.25, 0.3) is 11.1 Å². The van der Waals surface area contributed by atoms with Crippen molar-refractivity contribution in [3.63, 3.8) is 0 Å². The summed E-state index contributed by atoms with van der Waals surface area (Å²) in [5, 5.41) is 0. The van der Waals surface area contributed by atoms with Crippen LogP contribution in [0.1, 0.15) is 39.9 Å². The van der Waals surface area contributed by atoms with E-state index in [9.17, 15) is 4.79 Å². The third kappa shape index (κ3) is 2.64. The summed E-state index contributed by atoms with van der Waals surface area (Å²) >= 11 is 0. The van der Waals surface area contributed by atoms with Crippen LogP contribution in [0.4, 0.5) is 0 Å². The highest BCUT2D eigenvalue weighted by Crippen LogP contribution is 2.35. The second-order valence-corrected chi connectivity index (χ2v) is 5.89. The average molecular weight is 294 g/mol. The number of aryl methyl sites for hydroxylation is 1. The lowest BCUT2D eigenvalue weighted by atomic mass is 9.81. The zero-order valence-corrected chi connectivity index (χ0v) is 12.8. The first-order chi connectivity index (χ1) is 10.7. The van der Waals surface area contributed by atoms with Gasteiger partial charge in [-0.2, -0.15) is 0 Å². The molecule has 3 rings (SSSR count). The van der Waals surface area contributed by atoms with E-state index in [0.717, 1.165) is 29.5 Å². The molecule has 0 saturated heterocycles. The fourth-order valence-electron chi connectivity index (χ4n) is 3.54. The van der Waals surface area contributed by atoms with Crippen molar-refractivity contribution >= 4 is 5.91 Å². The monoisotopic (exact) mass is 294 g/mol. The summed E-state index contributed by atoms with van der Waals surface area (Å²) in [7, 11) is 0. The van der Waals surface area contributed by atoms with Crippen LogP contribution < -0.4 is 11.5 Å². The van der Waals surface area contributed by atoms with E-state index in [1.165, 1.54) is 24.0 Å². The number of carbonyl (C=O) groups is 1. The molecule has 0 spiro atoms. The van der Waals surface area contributed by atoms with Gasteiger partial charge in [0.05, 0.1) is 5.56 Å². The van der Waals surface area contributed by atoms with E-state index in [2.05, 4.69) is 6.07 Å². The average Bonchev–Trinajstić information content (AvgIpc) is 2.55. The normalized spacial score (nSPS) is 13.7. The summed E-state index contributed by atoms with van der Waals surface area (Å²) in [6, 6.07) is 12.2. The van der Waals surface area contributed by atoms with E-state index in [4.69, 9.17) is 11.5 Å². The molecule has 0 aromatic heterocycles. The van der Waals surface area contributed by atoms with Crippen LogP contribution >= 0.6 is 0 Å². The third-order valence-corrected chi connectivity index (χ3v) is 4.49. The molecule has 0 heterocycles. The van der Waals surface area contributed by atoms with Crippen LogP contribution in [0.2, 0.25) is 0 Å². The number of rotatable bonds is 4. The first-order valence-electron chi connectivity index (χ1n) is 7.95. The summed E-state index contributed by atoms with van der Waals surface area (Å²) in [5.41, 5.74) is 17.9. The Morgan fingerprint density at radius 1 is 1.09 bits per heavy atom. The highest BCUT2D eigenvalue weighted by molar-refractivity contribution is 6.02. The number of hydrogen-bond donors (Lipinski definition) is 2. The summed E-state index contributed by atoms with van der Waals surface area (Å²) in [4.78, 5) is 12.2. The van der Waals surface area contributed by atoms with E-state index < -0.39 is 0 Å². The number of amides is 1. The molecule has 0 saturated carbocycles. The van der Waals surface area contributed by atoms with Crippen molar-refractivity contribution in [3.05, 3.63) is 58.7 Å². The first kappa shape index (κ1) is 14.8. The Balaban J connectivity index is 2.29.